The summed E-state index contributed by atoms with van der Waals surface area (Å²) in [7, 11) is 0. The summed E-state index contributed by atoms with van der Waals surface area (Å²) in [6, 6.07) is 5.58. The number of hydrogen-bond acceptors (Lipinski definition) is 2. The monoisotopic (exact) mass is 274 g/mol. The smallest absolute Gasteiger partial charge is 0.229 e. The van der Waals surface area contributed by atoms with E-state index in [4.69, 9.17) is 0 Å². The highest BCUT2D eigenvalue weighted by Gasteiger charge is 2.29. The van der Waals surface area contributed by atoms with Crippen molar-refractivity contribution >= 4 is 23.2 Å². The van der Waals surface area contributed by atoms with Gasteiger partial charge in [0.25, 0.3) is 0 Å². The third-order valence-electron chi connectivity index (χ3n) is 3.38. The molecule has 2 N–H and O–H groups in total. The van der Waals surface area contributed by atoms with Crippen molar-refractivity contribution in [2.75, 3.05) is 10.6 Å². The molecule has 1 aliphatic carbocycles. The van der Waals surface area contributed by atoms with Crippen molar-refractivity contribution < 1.29 is 9.59 Å². The summed E-state index contributed by atoms with van der Waals surface area (Å²) in [5.74, 6) is 0.204. The molecule has 4 nitrogen and oxygen atoms in total. The molecule has 1 aromatic carbocycles. The maximum atomic E-state index is 12.0. The molecule has 1 fully saturated rings. The zero-order chi connectivity index (χ0) is 14.9. The van der Waals surface area contributed by atoms with Crippen LogP contribution >= 0.6 is 0 Å². The van der Waals surface area contributed by atoms with E-state index in [1.165, 1.54) is 0 Å². The molecule has 1 aromatic rings. The van der Waals surface area contributed by atoms with Crippen molar-refractivity contribution in [1.82, 2.24) is 0 Å². The molecular formula is C16H22N2O2. The van der Waals surface area contributed by atoms with Crippen molar-refractivity contribution in [2.45, 2.75) is 40.5 Å². The molecule has 0 aromatic heterocycles. The Bertz CT molecular complexity index is 540. The van der Waals surface area contributed by atoms with Crippen LogP contribution in [-0.4, -0.2) is 11.8 Å². The lowest BCUT2D eigenvalue weighted by Crippen LogP contribution is -2.27. The molecule has 0 unspecified atom stereocenters. The number of aryl methyl sites for hydroxylation is 1. The van der Waals surface area contributed by atoms with E-state index in [1.54, 1.807) is 0 Å². The maximum Gasteiger partial charge on any atom is 0.229 e. The van der Waals surface area contributed by atoms with Crippen LogP contribution in [0.4, 0.5) is 11.4 Å². The van der Waals surface area contributed by atoms with Crippen LogP contribution in [0, 0.1) is 18.3 Å². The zero-order valence-corrected chi connectivity index (χ0v) is 12.5. The maximum absolute atomic E-state index is 12.0. The van der Waals surface area contributed by atoms with Crippen molar-refractivity contribution in [2.24, 2.45) is 11.3 Å². The SMILES string of the molecule is Cc1ccc(NC(=O)C(C)(C)C)cc1NC(=O)C1CC1. The predicted octanol–water partition coefficient (Wildman–Crippen LogP) is 3.33. The number of carbonyl (C=O) groups is 2. The van der Waals surface area contributed by atoms with E-state index in [1.807, 2.05) is 45.9 Å². The van der Waals surface area contributed by atoms with Gasteiger partial charge >= 0.3 is 0 Å². The molecule has 1 saturated carbocycles. The molecule has 4 heteroatoms. The van der Waals surface area contributed by atoms with Crippen LogP contribution in [0.2, 0.25) is 0 Å². The average Bonchev–Trinajstić information content (AvgIpc) is 3.16. The molecule has 1 aliphatic rings. The van der Waals surface area contributed by atoms with Gasteiger partial charge in [-0.25, -0.2) is 0 Å². The lowest BCUT2D eigenvalue weighted by Gasteiger charge is -2.18. The molecule has 0 bridgehead atoms. The average molecular weight is 274 g/mol. The van der Waals surface area contributed by atoms with Gasteiger partial charge in [-0.15, -0.1) is 0 Å². The third-order valence-corrected chi connectivity index (χ3v) is 3.38. The molecular weight excluding hydrogens is 252 g/mol. The predicted molar refractivity (Wildman–Crippen MR) is 80.6 cm³/mol. The summed E-state index contributed by atoms with van der Waals surface area (Å²) in [4.78, 5) is 23.8. The molecule has 0 aliphatic heterocycles. The first-order valence-electron chi connectivity index (χ1n) is 7.00. The quantitative estimate of drug-likeness (QED) is 0.888. The molecule has 2 amide bonds. The highest BCUT2D eigenvalue weighted by atomic mass is 16.2. The first-order chi connectivity index (χ1) is 9.27. The van der Waals surface area contributed by atoms with Crippen molar-refractivity contribution in [3.63, 3.8) is 0 Å². The molecule has 0 saturated heterocycles. The highest BCUT2D eigenvalue weighted by molar-refractivity contribution is 5.97. The number of anilines is 2. The molecule has 20 heavy (non-hydrogen) atoms. The normalized spacial score (nSPS) is 14.8. The van der Waals surface area contributed by atoms with E-state index in [0.717, 1.165) is 24.1 Å². The van der Waals surface area contributed by atoms with Gasteiger partial charge in [-0.2, -0.15) is 0 Å². The van der Waals surface area contributed by atoms with Gasteiger partial charge in [-0.1, -0.05) is 26.8 Å². The molecule has 2 rings (SSSR count). The van der Waals surface area contributed by atoms with Gasteiger partial charge in [-0.3, -0.25) is 9.59 Å². The Kier molecular flexibility index (Phi) is 3.84. The summed E-state index contributed by atoms with van der Waals surface area (Å²) in [6.45, 7) is 7.54. The molecule has 108 valence electrons. The first-order valence-corrected chi connectivity index (χ1v) is 7.00. The Morgan fingerprint density at radius 2 is 1.80 bits per heavy atom. The van der Waals surface area contributed by atoms with Crippen LogP contribution in [0.25, 0.3) is 0 Å². The van der Waals surface area contributed by atoms with Gasteiger partial charge in [0.15, 0.2) is 0 Å². The summed E-state index contributed by atoms with van der Waals surface area (Å²) in [5.41, 5.74) is 2.03. The van der Waals surface area contributed by atoms with E-state index >= 15 is 0 Å². The second kappa shape index (κ2) is 5.27. The largest absolute Gasteiger partial charge is 0.326 e. The third kappa shape index (κ3) is 3.59. The van der Waals surface area contributed by atoms with E-state index in [2.05, 4.69) is 10.6 Å². The number of nitrogens with one attached hydrogen (secondary N) is 2. The number of hydrogen-bond donors (Lipinski definition) is 2. The van der Waals surface area contributed by atoms with Crippen molar-refractivity contribution in [3.05, 3.63) is 23.8 Å². The number of rotatable bonds is 3. The van der Waals surface area contributed by atoms with Gasteiger partial charge < -0.3 is 10.6 Å². The standard InChI is InChI=1S/C16H22N2O2/c1-10-5-8-12(17-15(20)16(2,3)4)9-13(10)18-14(19)11-6-7-11/h5,8-9,11H,6-7H2,1-4H3,(H,17,20)(H,18,19). The Hall–Kier alpha value is -1.84. The van der Waals surface area contributed by atoms with Crippen molar-refractivity contribution in [3.8, 4) is 0 Å². The van der Waals surface area contributed by atoms with E-state index in [9.17, 15) is 9.59 Å². The second-order valence-electron chi connectivity index (χ2n) is 6.50. The summed E-state index contributed by atoms with van der Waals surface area (Å²) in [5, 5.41) is 5.81. The summed E-state index contributed by atoms with van der Waals surface area (Å²) < 4.78 is 0. The molecule has 0 heterocycles. The Balaban J connectivity index is 2.11. The van der Waals surface area contributed by atoms with Crippen LogP contribution in [0.3, 0.4) is 0 Å². The Labute approximate surface area is 119 Å². The highest BCUT2D eigenvalue weighted by Crippen LogP contribution is 2.31. The van der Waals surface area contributed by atoms with Gasteiger partial charge in [0.2, 0.25) is 11.8 Å². The van der Waals surface area contributed by atoms with E-state index < -0.39 is 5.41 Å². The lowest BCUT2D eigenvalue weighted by molar-refractivity contribution is -0.123. The Morgan fingerprint density at radius 3 is 2.35 bits per heavy atom. The minimum Gasteiger partial charge on any atom is -0.326 e. The lowest BCUT2D eigenvalue weighted by atomic mass is 9.95. The Morgan fingerprint density at radius 1 is 1.15 bits per heavy atom. The zero-order valence-electron chi connectivity index (χ0n) is 12.5. The van der Waals surface area contributed by atoms with Crippen LogP contribution < -0.4 is 10.6 Å². The van der Waals surface area contributed by atoms with E-state index in [-0.39, 0.29) is 17.7 Å². The fourth-order valence-corrected chi connectivity index (χ4v) is 1.73. The fraction of sp³-hybridized carbons (Fsp3) is 0.500. The van der Waals surface area contributed by atoms with Gasteiger partial charge in [-0.05, 0) is 37.5 Å². The molecule has 0 spiro atoms. The van der Waals surface area contributed by atoms with Crippen molar-refractivity contribution in [1.29, 1.82) is 0 Å². The van der Waals surface area contributed by atoms with Crippen LogP contribution in [0.1, 0.15) is 39.2 Å². The minimum absolute atomic E-state index is 0.0409. The minimum atomic E-state index is -0.442. The first kappa shape index (κ1) is 14.6. The van der Waals surface area contributed by atoms with Crippen LogP contribution in [-0.2, 0) is 9.59 Å². The summed E-state index contributed by atoms with van der Waals surface area (Å²) in [6.07, 6.45) is 1.96. The molecule has 0 atom stereocenters. The fourth-order valence-electron chi connectivity index (χ4n) is 1.73. The van der Waals surface area contributed by atoms with Gasteiger partial charge in [0.1, 0.15) is 0 Å². The number of carbonyl (C=O) groups excluding carboxylic acids is 2. The van der Waals surface area contributed by atoms with Gasteiger partial charge in [0.05, 0.1) is 0 Å². The number of amides is 2. The van der Waals surface area contributed by atoms with E-state index in [0.29, 0.717) is 5.69 Å². The second-order valence-corrected chi connectivity index (χ2v) is 6.50. The molecule has 0 radical (unpaired) electrons. The topological polar surface area (TPSA) is 58.2 Å². The summed E-state index contributed by atoms with van der Waals surface area (Å²) >= 11 is 0. The van der Waals surface area contributed by atoms with Crippen LogP contribution in [0.15, 0.2) is 18.2 Å². The number of benzene rings is 1. The van der Waals surface area contributed by atoms with Crippen LogP contribution in [0.5, 0.6) is 0 Å². The van der Waals surface area contributed by atoms with Gasteiger partial charge in [0, 0.05) is 22.7 Å².